The van der Waals surface area contributed by atoms with Gasteiger partial charge in [0.25, 0.3) is 11.1 Å². The van der Waals surface area contributed by atoms with E-state index in [9.17, 15) is 14.4 Å². The van der Waals surface area contributed by atoms with E-state index in [0.717, 1.165) is 52.4 Å². The normalized spacial score (nSPS) is 18.9. The van der Waals surface area contributed by atoms with Gasteiger partial charge in [-0.1, -0.05) is 22.9 Å². The first-order valence-corrected chi connectivity index (χ1v) is 11.1. The molecule has 0 bridgehead atoms. The molecule has 2 aliphatic heterocycles. The topological polar surface area (TPSA) is 66.9 Å². The van der Waals surface area contributed by atoms with Crippen LogP contribution in [0.15, 0.2) is 27.6 Å². The number of thioether (sulfide) groups is 1. The van der Waals surface area contributed by atoms with Crippen LogP contribution < -0.4 is 4.74 Å². The van der Waals surface area contributed by atoms with E-state index in [-0.39, 0.29) is 12.5 Å². The second kappa shape index (κ2) is 9.60. The summed E-state index contributed by atoms with van der Waals surface area (Å²) in [6.45, 7) is 3.78. The lowest BCUT2D eigenvalue weighted by Crippen LogP contribution is -2.44. The zero-order valence-electron chi connectivity index (χ0n) is 15.8. The van der Waals surface area contributed by atoms with Crippen LogP contribution in [0.2, 0.25) is 0 Å². The minimum Gasteiger partial charge on any atom is -0.493 e. The summed E-state index contributed by atoms with van der Waals surface area (Å²) in [5, 5.41) is -0.410. The predicted octanol–water partition coefficient (Wildman–Crippen LogP) is 4.29. The molecular formula is C20H23BrN2O4S. The standard InChI is InChI=1S/C20H23BrN2O4S/c1-2-10-27-16-7-6-15(21)11-14(16)12-17-19(25)23(20(26)28-17)13-18(24)22-8-4-3-5-9-22/h6-7,11-12H,2-5,8-10,13H2,1H3/b17-12-. The number of likely N-dealkylation sites (tertiary alicyclic amines) is 1. The molecule has 8 heteroatoms. The largest absolute Gasteiger partial charge is 0.493 e. The molecule has 2 fully saturated rings. The summed E-state index contributed by atoms with van der Waals surface area (Å²) < 4.78 is 6.59. The minimum atomic E-state index is -0.429. The third kappa shape index (κ3) is 4.97. The second-order valence-electron chi connectivity index (χ2n) is 6.74. The van der Waals surface area contributed by atoms with E-state index < -0.39 is 11.1 Å². The van der Waals surface area contributed by atoms with Gasteiger partial charge in [-0.2, -0.15) is 0 Å². The highest BCUT2D eigenvalue weighted by Crippen LogP contribution is 2.35. The number of carbonyl (C=O) groups excluding carboxylic acids is 3. The lowest BCUT2D eigenvalue weighted by Gasteiger charge is -2.27. The molecule has 0 aliphatic carbocycles. The third-order valence-electron chi connectivity index (χ3n) is 4.60. The van der Waals surface area contributed by atoms with Crippen LogP contribution in [0.1, 0.15) is 38.2 Å². The molecular weight excluding hydrogens is 444 g/mol. The van der Waals surface area contributed by atoms with Crippen LogP contribution in [-0.2, 0) is 9.59 Å². The fourth-order valence-corrected chi connectivity index (χ4v) is 4.34. The van der Waals surface area contributed by atoms with Gasteiger partial charge in [-0.05, 0) is 61.7 Å². The molecule has 2 aliphatic rings. The number of halogens is 1. The van der Waals surface area contributed by atoms with Crippen molar-refractivity contribution in [2.75, 3.05) is 26.2 Å². The number of nitrogens with zero attached hydrogens (tertiary/aromatic N) is 2. The van der Waals surface area contributed by atoms with Crippen molar-refractivity contribution >= 4 is 50.8 Å². The molecule has 3 rings (SSSR count). The van der Waals surface area contributed by atoms with Crippen LogP contribution in [0, 0.1) is 0 Å². The van der Waals surface area contributed by atoms with Crippen molar-refractivity contribution in [3.8, 4) is 5.75 Å². The van der Waals surface area contributed by atoms with E-state index in [1.807, 2.05) is 25.1 Å². The van der Waals surface area contributed by atoms with Crippen LogP contribution in [0.3, 0.4) is 0 Å². The van der Waals surface area contributed by atoms with Crippen molar-refractivity contribution in [3.63, 3.8) is 0 Å². The van der Waals surface area contributed by atoms with Crippen molar-refractivity contribution in [2.24, 2.45) is 0 Å². The van der Waals surface area contributed by atoms with E-state index in [0.29, 0.717) is 30.4 Å². The van der Waals surface area contributed by atoms with Gasteiger partial charge in [0.15, 0.2) is 0 Å². The number of benzene rings is 1. The van der Waals surface area contributed by atoms with Crippen LogP contribution in [0.5, 0.6) is 5.75 Å². The first-order chi connectivity index (χ1) is 13.5. The van der Waals surface area contributed by atoms with Crippen LogP contribution >= 0.6 is 27.7 Å². The number of hydrogen-bond donors (Lipinski definition) is 0. The Bertz CT molecular complexity index is 805. The van der Waals surface area contributed by atoms with Gasteiger partial charge in [-0.25, -0.2) is 0 Å². The van der Waals surface area contributed by atoms with Crippen molar-refractivity contribution in [1.29, 1.82) is 0 Å². The highest BCUT2D eigenvalue weighted by Gasteiger charge is 2.37. The van der Waals surface area contributed by atoms with Gasteiger partial charge >= 0.3 is 0 Å². The molecule has 2 heterocycles. The number of ether oxygens (including phenoxy) is 1. The number of hydrogen-bond acceptors (Lipinski definition) is 5. The van der Waals surface area contributed by atoms with Gasteiger partial charge in [-0.15, -0.1) is 0 Å². The molecule has 1 aromatic rings. The maximum Gasteiger partial charge on any atom is 0.294 e. The zero-order valence-corrected chi connectivity index (χ0v) is 18.2. The number of carbonyl (C=O) groups is 3. The SMILES string of the molecule is CCCOc1ccc(Br)cc1/C=C1\SC(=O)N(CC(=O)N2CCCCC2)C1=O. The average molecular weight is 467 g/mol. The summed E-state index contributed by atoms with van der Waals surface area (Å²) in [5.41, 5.74) is 0.718. The van der Waals surface area contributed by atoms with Gasteiger partial charge < -0.3 is 9.64 Å². The highest BCUT2D eigenvalue weighted by molar-refractivity contribution is 9.10. The highest BCUT2D eigenvalue weighted by atomic mass is 79.9. The Labute approximate surface area is 177 Å². The Morgan fingerprint density at radius 1 is 1.25 bits per heavy atom. The van der Waals surface area contributed by atoms with Crippen molar-refractivity contribution in [1.82, 2.24) is 9.80 Å². The van der Waals surface area contributed by atoms with Gasteiger partial charge in [0.2, 0.25) is 5.91 Å². The molecule has 3 amide bonds. The lowest BCUT2D eigenvalue weighted by molar-refractivity contribution is -0.136. The molecule has 0 saturated carbocycles. The van der Waals surface area contributed by atoms with Gasteiger partial charge in [0.1, 0.15) is 12.3 Å². The molecule has 0 spiro atoms. The molecule has 28 heavy (non-hydrogen) atoms. The number of piperidine rings is 1. The molecule has 0 unspecified atom stereocenters. The summed E-state index contributed by atoms with van der Waals surface area (Å²) >= 11 is 4.29. The van der Waals surface area contributed by atoms with Crippen molar-refractivity contribution < 1.29 is 19.1 Å². The summed E-state index contributed by atoms with van der Waals surface area (Å²) in [5.74, 6) is 0.0562. The molecule has 150 valence electrons. The monoisotopic (exact) mass is 466 g/mol. The molecule has 0 N–H and O–H groups in total. The van der Waals surface area contributed by atoms with Gasteiger partial charge in [-0.3, -0.25) is 19.3 Å². The minimum absolute atomic E-state index is 0.169. The lowest BCUT2D eigenvalue weighted by atomic mass is 10.1. The molecule has 0 atom stereocenters. The Morgan fingerprint density at radius 2 is 2.00 bits per heavy atom. The zero-order chi connectivity index (χ0) is 20.1. The number of rotatable bonds is 6. The summed E-state index contributed by atoms with van der Waals surface area (Å²) in [4.78, 5) is 40.6. The average Bonchev–Trinajstić information content (AvgIpc) is 2.95. The predicted molar refractivity (Wildman–Crippen MR) is 113 cm³/mol. The molecule has 6 nitrogen and oxygen atoms in total. The maximum absolute atomic E-state index is 12.7. The Hall–Kier alpha value is -1.80. The van der Waals surface area contributed by atoms with Crippen LogP contribution in [0.4, 0.5) is 4.79 Å². The Kier molecular flexibility index (Phi) is 7.18. The van der Waals surface area contributed by atoms with Crippen molar-refractivity contribution in [3.05, 3.63) is 33.1 Å². The van der Waals surface area contributed by atoms with E-state index in [1.54, 1.807) is 11.0 Å². The Morgan fingerprint density at radius 3 is 2.71 bits per heavy atom. The van der Waals surface area contributed by atoms with E-state index >= 15 is 0 Å². The first kappa shape index (κ1) is 20.9. The first-order valence-electron chi connectivity index (χ1n) is 9.45. The van der Waals surface area contributed by atoms with Crippen LogP contribution in [-0.4, -0.2) is 53.1 Å². The quantitative estimate of drug-likeness (QED) is 0.585. The summed E-state index contributed by atoms with van der Waals surface area (Å²) in [6.07, 6.45) is 5.58. The van der Waals surface area contributed by atoms with E-state index in [2.05, 4.69) is 15.9 Å². The molecule has 1 aromatic carbocycles. The molecule has 2 saturated heterocycles. The smallest absolute Gasteiger partial charge is 0.294 e. The maximum atomic E-state index is 12.7. The van der Waals surface area contributed by atoms with E-state index in [1.165, 1.54) is 0 Å². The fourth-order valence-electron chi connectivity index (χ4n) is 3.13. The molecule has 0 aromatic heterocycles. The van der Waals surface area contributed by atoms with Gasteiger partial charge in [0, 0.05) is 23.1 Å². The summed E-state index contributed by atoms with van der Waals surface area (Å²) in [7, 11) is 0. The molecule has 0 radical (unpaired) electrons. The number of imide groups is 1. The summed E-state index contributed by atoms with van der Waals surface area (Å²) in [6, 6.07) is 5.54. The van der Waals surface area contributed by atoms with Crippen molar-refractivity contribution in [2.45, 2.75) is 32.6 Å². The second-order valence-corrected chi connectivity index (χ2v) is 8.65. The third-order valence-corrected chi connectivity index (χ3v) is 6.00. The number of amides is 3. The van der Waals surface area contributed by atoms with E-state index in [4.69, 9.17) is 4.74 Å². The Balaban J connectivity index is 1.75. The van der Waals surface area contributed by atoms with Gasteiger partial charge in [0.05, 0.1) is 11.5 Å². The fraction of sp³-hybridized carbons (Fsp3) is 0.450. The van der Waals surface area contributed by atoms with Crippen LogP contribution in [0.25, 0.3) is 6.08 Å².